The van der Waals surface area contributed by atoms with Gasteiger partial charge in [0, 0.05) is 13.5 Å². The van der Waals surface area contributed by atoms with Crippen LogP contribution in [0.5, 0.6) is 0 Å². The first-order valence-electron chi connectivity index (χ1n) is 8.50. The first-order chi connectivity index (χ1) is 14.1. The predicted molar refractivity (Wildman–Crippen MR) is 107 cm³/mol. The van der Waals surface area contributed by atoms with Gasteiger partial charge in [0.1, 0.15) is 11.1 Å². The van der Waals surface area contributed by atoms with E-state index in [4.69, 9.17) is 11.6 Å². The van der Waals surface area contributed by atoms with Crippen LogP contribution >= 0.6 is 23.4 Å². The van der Waals surface area contributed by atoms with E-state index in [0.29, 0.717) is 0 Å². The first kappa shape index (κ1) is 22.1. The number of amides is 2. The first-order valence-corrected chi connectivity index (χ1v) is 9.76. The summed E-state index contributed by atoms with van der Waals surface area (Å²) in [5.41, 5.74) is -1.18. The zero-order chi connectivity index (χ0) is 22.1. The summed E-state index contributed by atoms with van der Waals surface area (Å²) < 4.78 is 53.0. The normalized spacial score (nSPS) is 18.6. The van der Waals surface area contributed by atoms with Gasteiger partial charge in [0.25, 0.3) is 0 Å². The highest BCUT2D eigenvalue weighted by Crippen LogP contribution is 2.37. The fraction of sp³-hybridized carbons (Fsp3) is 0.211. The Labute approximate surface area is 178 Å². The Morgan fingerprint density at radius 3 is 2.63 bits per heavy atom. The maximum Gasteiger partial charge on any atom is 0.417 e. The van der Waals surface area contributed by atoms with Crippen LogP contribution in [0.4, 0.5) is 28.9 Å². The van der Waals surface area contributed by atoms with E-state index in [1.54, 1.807) is 0 Å². The minimum atomic E-state index is -4.67. The van der Waals surface area contributed by atoms with Crippen LogP contribution in [-0.4, -0.2) is 34.2 Å². The topological polar surface area (TPSA) is 61.8 Å². The minimum Gasteiger partial charge on any atom is -0.323 e. The van der Waals surface area contributed by atoms with Gasteiger partial charge in [-0.05, 0) is 30.3 Å². The minimum absolute atomic E-state index is 0.0374. The van der Waals surface area contributed by atoms with E-state index >= 15 is 0 Å². The molecule has 1 saturated heterocycles. The Bertz CT molecular complexity index is 1030. The molecule has 2 amide bonds. The largest absolute Gasteiger partial charge is 0.417 e. The summed E-state index contributed by atoms with van der Waals surface area (Å²) >= 11 is 6.50. The van der Waals surface area contributed by atoms with Crippen molar-refractivity contribution in [1.29, 1.82) is 0 Å². The smallest absolute Gasteiger partial charge is 0.323 e. The Morgan fingerprint density at radius 2 is 1.97 bits per heavy atom. The van der Waals surface area contributed by atoms with Crippen molar-refractivity contribution in [1.82, 2.24) is 4.90 Å². The molecule has 3 rings (SSSR count). The molecule has 0 radical (unpaired) electrons. The molecule has 1 aliphatic heterocycles. The third kappa shape index (κ3) is 4.93. The molecule has 1 aliphatic rings. The fourth-order valence-electron chi connectivity index (χ4n) is 2.58. The van der Waals surface area contributed by atoms with Gasteiger partial charge in [-0.25, -0.2) is 9.38 Å². The predicted octanol–water partition coefficient (Wildman–Crippen LogP) is 5.09. The molecule has 0 aliphatic carbocycles. The van der Waals surface area contributed by atoms with Crippen LogP contribution in [0.2, 0.25) is 5.02 Å². The lowest BCUT2D eigenvalue weighted by Crippen LogP contribution is -2.43. The highest BCUT2D eigenvalue weighted by molar-refractivity contribution is 8.15. The number of amidine groups is 1. The second kappa shape index (κ2) is 8.65. The molecule has 1 N–H and O–H groups in total. The number of aliphatic imine (C=N–C) groups is 1. The van der Waals surface area contributed by atoms with Crippen LogP contribution in [0, 0.1) is 5.82 Å². The summed E-state index contributed by atoms with van der Waals surface area (Å²) in [6.45, 7) is 0. The number of rotatable bonds is 3. The van der Waals surface area contributed by atoms with E-state index in [0.717, 1.165) is 28.8 Å². The molecule has 0 bridgehead atoms. The Hall–Kier alpha value is -2.59. The van der Waals surface area contributed by atoms with Crippen LogP contribution in [0.3, 0.4) is 0 Å². The molecule has 2 aromatic carbocycles. The zero-order valence-electron chi connectivity index (χ0n) is 15.3. The number of thioether (sulfide) groups is 1. The molecule has 11 heteroatoms. The molecule has 1 atom stereocenters. The highest BCUT2D eigenvalue weighted by Gasteiger charge is 2.35. The van der Waals surface area contributed by atoms with Crippen LogP contribution in [0.15, 0.2) is 47.5 Å². The van der Waals surface area contributed by atoms with Crippen molar-refractivity contribution >= 4 is 51.7 Å². The molecule has 2 aromatic rings. The molecular weight excluding hydrogens is 446 g/mol. The van der Waals surface area contributed by atoms with Gasteiger partial charge in [-0.15, -0.1) is 0 Å². The summed E-state index contributed by atoms with van der Waals surface area (Å²) in [7, 11) is 1.40. The molecular formula is C19H14ClF4N3O2S. The molecule has 0 aromatic heterocycles. The lowest BCUT2D eigenvalue weighted by molar-refractivity contribution is -0.137. The lowest BCUT2D eigenvalue weighted by Gasteiger charge is -2.29. The maximum atomic E-state index is 13.8. The quantitative estimate of drug-likeness (QED) is 0.650. The van der Waals surface area contributed by atoms with E-state index in [-0.39, 0.29) is 23.0 Å². The monoisotopic (exact) mass is 459 g/mol. The Kier molecular flexibility index (Phi) is 6.37. The third-order valence-corrected chi connectivity index (χ3v) is 5.74. The van der Waals surface area contributed by atoms with E-state index in [1.165, 1.54) is 37.4 Å². The standard InChI is InChI=1S/C19H14ClF4N3O2S/c1-27-16(28)9-15(17(29)26-14-5-3-2-4-13(14)21)30-18(27)25-10-6-7-12(20)11(8-10)19(22,23)24/h2-8,15H,9H2,1H3,(H,26,29). The van der Waals surface area contributed by atoms with Gasteiger partial charge in [-0.2, -0.15) is 13.2 Å². The third-order valence-electron chi connectivity index (χ3n) is 4.17. The van der Waals surface area contributed by atoms with E-state index in [1.807, 2.05) is 0 Å². The average Bonchev–Trinajstić information content (AvgIpc) is 2.67. The second-order valence-electron chi connectivity index (χ2n) is 6.29. The second-order valence-corrected chi connectivity index (χ2v) is 7.87. The molecule has 0 spiro atoms. The van der Waals surface area contributed by atoms with Crippen molar-refractivity contribution in [2.24, 2.45) is 4.99 Å². The lowest BCUT2D eigenvalue weighted by atomic mass is 10.2. The van der Waals surface area contributed by atoms with Gasteiger partial charge in [0.2, 0.25) is 11.8 Å². The number of nitrogens with zero attached hydrogens (tertiary/aromatic N) is 2. The number of alkyl halides is 3. The summed E-state index contributed by atoms with van der Waals surface area (Å²) in [6.07, 6.45) is -4.84. The van der Waals surface area contributed by atoms with E-state index in [9.17, 15) is 27.2 Å². The SMILES string of the molecule is CN1C(=O)CC(C(=O)Nc2ccccc2F)SC1=Nc1ccc(Cl)c(C(F)(F)F)c1. The summed E-state index contributed by atoms with van der Waals surface area (Å²) in [5.74, 6) is -1.71. The number of benzene rings is 2. The number of hydrogen-bond donors (Lipinski definition) is 1. The number of para-hydroxylation sites is 1. The molecule has 158 valence electrons. The number of anilines is 1. The number of hydrogen-bond acceptors (Lipinski definition) is 4. The van der Waals surface area contributed by atoms with Gasteiger partial charge in [-0.1, -0.05) is 35.5 Å². The van der Waals surface area contributed by atoms with Gasteiger partial charge in [0.15, 0.2) is 5.17 Å². The molecule has 5 nitrogen and oxygen atoms in total. The van der Waals surface area contributed by atoms with Gasteiger partial charge in [0.05, 0.1) is 22.0 Å². The molecule has 1 unspecified atom stereocenters. The van der Waals surface area contributed by atoms with Crippen LogP contribution < -0.4 is 5.32 Å². The molecule has 30 heavy (non-hydrogen) atoms. The molecule has 1 fully saturated rings. The molecule has 1 heterocycles. The van der Waals surface area contributed by atoms with Crippen molar-refractivity contribution in [3.8, 4) is 0 Å². The van der Waals surface area contributed by atoms with E-state index in [2.05, 4.69) is 10.3 Å². The average molecular weight is 460 g/mol. The number of carbonyl (C=O) groups excluding carboxylic acids is 2. The van der Waals surface area contributed by atoms with Crippen molar-refractivity contribution < 1.29 is 27.2 Å². The van der Waals surface area contributed by atoms with Crippen molar-refractivity contribution in [3.05, 3.63) is 58.9 Å². The maximum absolute atomic E-state index is 13.8. The van der Waals surface area contributed by atoms with Crippen molar-refractivity contribution in [2.75, 3.05) is 12.4 Å². The van der Waals surface area contributed by atoms with Crippen LogP contribution in [-0.2, 0) is 15.8 Å². The van der Waals surface area contributed by atoms with Gasteiger partial charge in [-0.3, -0.25) is 14.5 Å². The number of nitrogens with one attached hydrogen (secondary N) is 1. The Morgan fingerprint density at radius 1 is 1.27 bits per heavy atom. The summed E-state index contributed by atoms with van der Waals surface area (Å²) in [5, 5.41) is 1.04. The van der Waals surface area contributed by atoms with Gasteiger partial charge < -0.3 is 5.32 Å². The highest BCUT2D eigenvalue weighted by atomic mass is 35.5. The van der Waals surface area contributed by atoms with Crippen LogP contribution in [0.25, 0.3) is 0 Å². The number of halogens is 5. The van der Waals surface area contributed by atoms with Gasteiger partial charge >= 0.3 is 6.18 Å². The summed E-state index contributed by atoms with van der Waals surface area (Å²) in [4.78, 5) is 30.0. The van der Waals surface area contributed by atoms with E-state index < -0.39 is 39.6 Å². The van der Waals surface area contributed by atoms with Crippen molar-refractivity contribution in [3.63, 3.8) is 0 Å². The fourth-order valence-corrected chi connectivity index (χ4v) is 3.87. The van der Waals surface area contributed by atoms with Crippen molar-refractivity contribution in [2.45, 2.75) is 17.8 Å². The van der Waals surface area contributed by atoms with Crippen LogP contribution in [0.1, 0.15) is 12.0 Å². The zero-order valence-corrected chi connectivity index (χ0v) is 16.9. The molecule has 0 saturated carbocycles. The number of carbonyl (C=O) groups is 2. The Balaban J connectivity index is 1.85. The summed E-state index contributed by atoms with van der Waals surface area (Å²) in [6, 6.07) is 8.64.